The van der Waals surface area contributed by atoms with Crippen LogP contribution >= 0.6 is 11.8 Å². The van der Waals surface area contributed by atoms with Crippen LogP contribution in [0, 0.1) is 6.92 Å². The lowest BCUT2D eigenvalue weighted by atomic mass is 10.1. The number of carbonyl (C=O) groups is 1. The van der Waals surface area contributed by atoms with Crippen LogP contribution in [0.5, 0.6) is 0 Å². The van der Waals surface area contributed by atoms with Gasteiger partial charge in [-0.1, -0.05) is 0 Å². The molecule has 0 aliphatic carbocycles. The van der Waals surface area contributed by atoms with Crippen molar-refractivity contribution in [2.45, 2.75) is 6.92 Å². The monoisotopic (exact) mass is 196 g/mol. The van der Waals surface area contributed by atoms with Crippen LogP contribution in [-0.2, 0) is 0 Å². The number of hydrogen-bond acceptors (Lipinski definition) is 4. The number of nitrogens with two attached hydrogens (primary N) is 1. The highest BCUT2D eigenvalue weighted by Gasteiger charge is 2.09. The summed E-state index contributed by atoms with van der Waals surface area (Å²) in [6.45, 7) is 1.89. The molecule has 4 heteroatoms. The van der Waals surface area contributed by atoms with Crippen LogP contribution in [0.25, 0.3) is 0 Å². The summed E-state index contributed by atoms with van der Waals surface area (Å²) in [6, 6.07) is 1.78. The molecule has 0 aliphatic heterocycles. The van der Waals surface area contributed by atoms with Gasteiger partial charge >= 0.3 is 0 Å². The van der Waals surface area contributed by atoms with Crippen LogP contribution in [0.4, 0.5) is 5.82 Å². The van der Waals surface area contributed by atoms with Gasteiger partial charge in [0.25, 0.3) is 0 Å². The zero-order valence-electron chi connectivity index (χ0n) is 7.70. The summed E-state index contributed by atoms with van der Waals surface area (Å²) in [4.78, 5) is 15.4. The number of rotatable bonds is 3. The largest absolute Gasteiger partial charge is 0.383 e. The first-order valence-corrected chi connectivity index (χ1v) is 5.28. The SMILES string of the molecule is CSCC(=O)c1cc(C)cnc1N. The molecule has 13 heavy (non-hydrogen) atoms. The van der Waals surface area contributed by atoms with Crippen LogP contribution in [0.2, 0.25) is 0 Å². The smallest absolute Gasteiger partial charge is 0.176 e. The zero-order valence-corrected chi connectivity index (χ0v) is 8.52. The summed E-state index contributed by atoms with van der Waals surface area (Å²) >= 11 is 1.49. The molecule has 0 unspecified atom stereocenters. The molecule has 1 rings (SSSR count). The Kier molecular flexibility index (Phi) is 3.31. The summed E-state index contributed by atoms with van der Waals surface area (Å²) in [5.74, 6) is 0.820. The minimum Gasteiger partial charge on any atom is -0.383 e. The maximum absolute atomic E-state index is 11.5. The summed E-state index contributed by atoms with van der Waals surface area (Å²) in [7, 11) is 0. The topological polar surface area (TPSA) is 56.0 Å². The van der Waals surface area contributed by atoms with Crippen LogP contribution in [-0.4, -0.2) is 22.8 Å². The normalized spacial score (nSPS) is 10.0. The molecule has 3 nitrogen and oxygen atoms in total. The third-order valence-corrected chi connectivity index (χ3v) is 2.18. The first kappa shape index (κ1) is 10.1. The lowest BCUT2D eigenvalue weighted by Crippen LogP contribution is -2.08. The van der Waals surface area contributed by atoms with E-state index in [0.717, 1.165) is 5.56 Å². The van der Waals surface area contributed by atoms with Crippen molar-refractivity contribution in [3.8, 4) is 0 Å². The first-order chi connectivity index (χ1) is 6.15. The standard InChI is InChI=1S/C9H12N2OS/c1-6-3-7(8(12)5-13-2)9(10)11-4-6/h3-4H,5H2,1-2H3,(H2,10,11). The molecular formula is C9H12N2OS. The lowest BCUT2D eigenvalue weighted by molar-refractivity contribution is 0.102. The summed E-state index contributed by atoms with van der Waals surface area (Å²) in [5, 5.41) is 0. The van der Waals surface area contributed by atoms with Gasteiger partial charge in [-0.3, -0.25) is 4.79 Å². The average molecular weight is 196 g/mol. The fourth-order valence-electron chi connectivity index (χ4n) is 1.01. The number of pyridine rings is 1. The number of hydrogen-bond donors (Lipinski definition) is 1. The molecule has 2 N–H and O–H groups in total. The lowest BCUT2D eigenvalue weighted by Gasteiger charge is -2.03. The predicted octanol–water partition coefficient (Wildman–Crippen LogP) is 1.52. The number of ketones is 1. The van der Waals surface area contributed by atoms with Crippen LogP contribution < -0.4 is 5.73 Å². The minimum absolute atomic E-state index is 0.0428. The molecule has 0 bridgehead atoms. The molecule has 70 valence electrons. The number of anilines is 1. The number of Topliss-reactive ketones (excluding diaryl/α,β-unsaturated/α-hetero) is 1. The van der Waals surface area contributed by atoms with Crippen LogP contribution in [0.3, 0.4) is 0 Å². The third-order valence-electron chi connectivity index (χ3n) is 1.63. The van der Waals surface area contributed by atoms with Crippen LogP contribution in [0.15, 0.2) is 12.3 Å². The molecule has 0 fully saturated rings. The van der Waals surface area contributed by atoms with Crippen molar-refractivity contribution >= 4 is 23.4 Å². The average Bonchev–Trinajstić information content (AvgIpc) is 2.09. The van der Waals surface area contributed by atoms with Crippen molar-refractivity contribution < 1.29 is 4.79 Å². The van der Waals surface area contributed by atoms with E-state index in [4.69, 9.17) is 5.73 Å². The number of aromatic nitrogens is 1. The van der Waals surface area contributed by atoms with Crippen molar-refractivity contribution in [3.05, 3.63) is 23.4 Å². The van der Waals surface area contributed by atoms with E-state index in [-0.39, 0.29) is 5.78 Å². The van der Waals surface area contributed by atoms with Crippen LogP contribution in [0.1, 0.15) is 15.9 Å². The van der Waals surface area contributed by atoms with Crippen molar-refractivity contribution in [1.29, 1.82) is 0 Å². The van der Waals surface area contributed by atoms with Gasteiger partial charge in [0, 0.05) is 6.20 Å². The molecule has 1 aromatic rings. The molecule has 0 amide bonds. The second-order valence-electron chi connectivity index (χ2n) is 2.80. The molecule has 0 radical (unpaired) electrons. The molecule has 0 saturated carbocycles. The molecule has 0 spiro atoms. The van der Waals surface area contributed by atoms with Crippen molar-refractivity contribution in [2.24, 2.45) is 0 Å². The van der Waals surface area contributed by atoms with E-state index in [1.165, 1.54) is 11.8 Å². The summed E-state index contributed by atoms with van der Waals surface area (Å²) in [5.41, 5.74) is 7.07. The second kappa shape index (κ2) is 4.28. The van der Waals surface area contributed by atoms with Crippen molar-refractivity contribution in [3.63, 3.8) is 0 Å². The van der Waals surface area contributed by atoms with Gasteiger partial charge in [-0.2, -0.15) is 11.8 Å². The highest BCUT2D eigenvalue weighted by atomic mass is 32.2. The van der Waals surface area contributed by atoms with Crippen molar-refractivity contribution in [2.75, 3.05) is 17.7 Å². The minimum atomic E-state index is 0.0428. The van der Waals surface area contributed by atoms with E-state index >= 15 is 0 Å². The Morgan fingerprint density at radius 1 is 1.69 bits per heavy atom. The maximum Gasteiger partial charge on any atom is 0.176 e. The van der Waals surface area contributed by atoms with Gasteiger partial charge in [-0.15, -0.1) is 0 Å². The van der Waals surface area contributed by atoms with E-state index in [1.54, 1.807) is 12.3 Å². The van der Waals surface area contributed by atoms with Gasteiger partial charge < -0.3 is 5.73 Å². The van der Waals surface area contributed by atoms with Gasteiger partial charge in [0.2, 0.25) is 0 Å². The quantitative estimate of drug-likeness (QED) is 0.745. The second-order valence-corrected chi connectivity index (χ2v) is 3.67. The molecule has 0 saturated heterocycles. The molecule has 0 aromatic carbocycles. The third kappa shape index (κ3) is 2.45. The predicted molar refractivity (Wildman–Crippen MR) is 56.1 cm³/mol. The summed E-state index contributed by atoms with van der Waals surface area (Å²) < 4.78 is 0. The van der Waals surface area contributed by atoms with E-state index in [1.807, 2.05) is 13.2 Å². The van der Waals surface area contributed by atoms with E-state index < -0.39 is 0 Å². The zero-order chi connectivity index (χ0) is 9.84. The van der Waals surface area contributed by atoms with Gasteiger partial charge in [0.05, 0.1) is 11.3 Å². The highest BCUT2D eigenvalue weighted by Crippen LogP contribution is 2.12. The molecule has 0 atom stereocenters. The fourth-order valence-corrected chi connectivity index (χ4v) is 1.43. The number of carbonyl (C=O) groups excluding carboxylic acids is 1. The number of thioether (sulfide) groups is 1. The van der Waals surface area contributed by atoms with Gasteiger partial charge in [0.1, 0.15) is 5.82 Å². The number of nitrogen functional groups attached to an aromatic ring is 1. The van der Waals surface area contributed by atoms with Gasteiger partial charge in [-0.25, -0.2) is 4.98 Å². The highest BCUT2D eigenvalue weighted by molar-refractivity contribution is 7.99. The van der Waals surface area contributed by atoms with Gasteiger partial charge in [-0.05, 0) is 24.8 Å². The number of aryl methyl sites for hydroxylation is 1. The fraction of sp³-hybridized carbons (Fsp3) is 0.333. The van der Waals surface area contributed by atoms with E-state index in [0.29, 0.717) is 17.1 Å². The molecular weight excluding hydrogens is 184 g/mol. The Labute approximate surface area is 81.7 Å². The van der Waals surface area contributed by atoms with Gasteiger partial charge in [0.15, 0.2) is 5.78 Å². The Balaban J connectivity index is 2.99. The Morgan fingerprint density at radius 2 is 2.38 bits per heavy atom. The number of nitrogens with zero attached hydrogens (tertiary/aromatic N) is 1. The first-order valence-electron chi connectivity index (χ1n) is 3.89. The Morgan fingerprint density at radius 3 is 3.00 bits per heavy atom. The Bertz CT molecular complexity index is 325. The van der Waals surface area contributed by atoms with E-state index in [2.05, 4.69) is 4.98 Å². The molecule has 1 aromatic heterocycles. The van der Waals surface area contributed by atoms with Crippen molar-refractivity contribution in [1.82, 2.24) is 4.98 Å². The van der Waals surface area contributed by atoms with E-state index in [9.17, 15) is 4.79 Å². The Hall–Kier alpha value is -1.03. The molecule has 0 aliphatic rings. The maximum atomic E-state index is 11.5. The summed E-state index contributed by atoms with van der Waals surface area (Å²) in [6.07, 6.45) is 3.54. The molecule has 1 heterocycles.